The van der Waals surface area contributed by atoms with Crippen LogP contribution in [0.15, 0.2) is 47.2 Å². The highest BCUT2D eigenvalue weighted by atomic mass is 19.1. The van der Waals surface area contributed by atoms with Crippen LogP contribution in [0.2, 0.25) is 0 Å². The zero-order valence-electron chi connectivity index (χ0n) is 14.1. The van der Waals surface area contributed by atoms with Crippen molar-refractivity contribution in [2.45, 2.75) is 64.0 Å². The SMILES string of the molecule is FC1CCN(/C2=C/C3=C(C/C=C\C=C/C2)CC32CCCCC2)C1. The van der Waals surface area contributed by atoms with Crippen molar-refractivity contribution < 1.29 is 4.39 Å². The minimum atomic E-state index is -0.645. The van der Waals surface area contributed by atoms with Crippen molar-refractivity contribution in [3.05, 3.63) is 47.2 Å². The minimum Gasteiger partial charge on any atom is -0.372 e. The molecule has 1 heterocycles. The first-order valence-electron chi connectivity index (χ1n) is 9.41. The molecule has 1 spiro atoms. The van der Waals surface area contributed by atoms with Crippen molar-refractivity contribution in [3.63, 3.8) is 0 Å². The predicted octanol–water partition coefficient (Wildman–Crippen LogP) is 5.47. The Hall–Kier alpha value is -1.31. The van der Waals surface area contributed by atoms with Crippen LogP contribution in [0.25, 0.3) is 0 Å². The van der Waals surface area contributed by atoms with Gasteiger partial charge in [-0.15, -0.1) is 0 Å². The monoisotopic (exact) mass is 313 g/mol. The molecule has 2 fully saturated rings. The molecule has 0 aromatic heterocycles. The number of nitrogens with zero attached hydrogens (tertiary/aromatic N) is 1. The van der Waals surface area contributed by atoms with E-state index >= 15 is 0 Å². The Morgan fingerprint density at radius 1 is 1.04 bits per heavy atom. The van der Waals surface area contributed by atoms with Crippen LogP contribution in [-0.2, 0) is 0 Å². The van der Waals surface area contributed by atoms with Crippen LogP contribution in [0.5, 0.6) is 0 Å². The average Bonchev–Trinajstić information content (AvgIpc) is 2.99. The molecule has 0 bridgehead atoms. The molecule has 1 nitrogen and oxygen atoms in total. The van der Waals surface area contributed by atoms with E-state index in [1.165, 1.54) is 44.2 Å². The predicted molar refractivity (Wildman–Crippen MR) is 93.8 cm³/mol. The van der Waals surface area contributed by atoms with Crippen LogP contribution in [0.3, 0.4) is 0 Å². The van der Waals surface area contributed by atoms with Crippen LogP contribution in [-0.4, -0.2) is 24.2 Å². The molecule has 1 saturated carbocycles. The maximum atomic E-state index is 13.7. The van der Waals surface area contributed by atoms with E-state index in [2.05, 4.69) is 35.3 Å². The first-order valence-corrected chi connectivity index (χ1v) is 9.41. The van der Waals surface area contributed by atoms with Gasteiger partial charge in [-0.25, -0.2) is 4.39 Å². The number of likely N-dealkylation sites (tertiary alicyclic amines) is 1. The quantitative estimate of drug-likeness (QED) is 0.620. The summed E-state index contributed by atoms with van der Waals surface area (Å²) in [7, 11) is 0. The van der Waals surface area contributed by atoms with Gasteiger partial charge in [0.25, 0.3) is 0 Å². The molecule has 3 aliphatic carbocycles. The number of hydrogen-bond donors (Lipinski definition) is 0. The fourth-order valence-electron chi connectivity index (χ4n) is 4.96. The van der Waals surface area contributed by atoms with E-state index < -0.39 is 6.17 Å². The lowest BCUT2D eigenvalue weighted by Gasteiger charge is -2.48. The van der Waals surface area contributed by atoms with Gasteiger partial charge in [-0.1, -0.05) is 49.1 Å². The molecule has 4 aliphatic rings. The largest absolute Gasteiger partial charge is 0.372 e. The van der Waals surface area contributed by atoms with Gasteiger partial charge in [0.2, 0.25) is 0 Å². The van der Waals surface area contributed by atoms with E-state index in [-0.39, 0.29) is 0 Å². The highest BCUT2D eigenvalue weighted by molar-refractivity contribution is 5.46. The summed E-state index contributed by atoms with van der Waals surface area (Å²) in [4.78, 5) is 2.29. The lowest BCUT2D eigenvalue weighted by molar-refractivity contribution is 0.206. The van der Waals surface area contributed by atoms with E-state index in [0.717, 1.165) is 19.4 Å². The van der Waals surface area contributed by atoms with Crippen LogP contribution in [0.1, 0.15) is 57.8 Å². The summed E-state index contributed by atoms with van der Waals surface area (Å²) in [5, 5.41) is 0. The molecule has 124 valence electrons. The molecule has 1 saturated heterocycles. The highest BCUT2D eigenvalue weighted by Crippen LogP contribution is 2.57. The van der Waals surface area contributed by atoms with Crippen molar-refractivity contribution in [2.75, 3.05) is 13.1 Å². The second-order valence-electron chi connectivity index (χ2n) is 7.77. The van der Waals surface area contributed by atoms with Crippen molar-refractivity contribution in [1.82, 2.24) is 4.90 Å². The van der Waals surface area contributed by atoms with Gasteiger partial charge in [-0.2, -0.15) is 0 Å². The summed E-state index contributed by atoms with van der Waals surface area (Å²) in [6, 6.07) is 0. The average molecular weight is 313 g/mol. The Labute approximate surface area is 139 Å². The number of hydrogen-bond acceptors (Lipinski definition) is 1. The van der Waals surface area contributed by atoms with Crippen molar-refractivity contribution in [3.8, 4) is 0 Å². The molecule has 0 N–H and O–H groups in total. The van der Waals surface area contributed by atoms with Gasteiger partial charge < -0.3 is 4.90 Å². The lowest BCUT2D eigenvalue weighted by Crippen LogP contribution is -2.35. The van der Waals surface area contributed by atoms with Crippen molar-refractivity contribution in [1.29, 1.82) is 0 Å². The van der Waals surface area contributed by atoms with Gasteiger partial charge >= 0.3 is 0 Å². The zero-order chi connectivity index (χ0) is 15.7. The Morgan fingerprint density at radius 3 is 2.57 bits per heavy atom. The van der Waals surface area contributed by atoms with Gasteiger partial charge in [0.05, 0.1) is 0 Å². The number of halogens is 1. The molecule has 1 atom stereocenters. The zero-order valence-corrected chi connectivity index (χ0v) is 14.1. The summed E-state index contributed by atoms with van der Waals surface area (Å²) in [5.74, 6) is 0. The molecular weight excluding hydrogens is 285 g/mol. The second-order valence-corrected chi connectivity index (χ2v) is 7.77. The summed E-state index contributed by atoms with van der Waals surface area (Å²) < 4.78 is 13.7. The number of alkyl halides is 1. The van der Waals surface area contributed by atoms with E-state index in [9.17, 15) is 4.39 Å². The molecule has 0 aromatic rings. The third kappa shape index (κ3) is 2.93. The molecule has 4 rings (SSSR count). The first kappa shape index (κ1) is 15.2. The molecule has 1 unspecified atom stereocenters. The van der Waals surface area contributed by atoms with E-state index in [0.29, 0.717) is 18.4 Å². The van der Waals surface area contributed by atoms with Crippen LogP contribution < -0.4 is 0 Å². The smallest absolute Gasteiger partial charge is 0.119 e. The number of allylic oxidation sites excluding steroid dienone is 7. The molecule has 23 heavy (non-hydrogen) atoms. The van der Waals surface area contributed by atoms with Crippen LogP contribution in [0, 0.1) is 5.41 Å². The third-order valence-corrected chi connectivity index (χ3v) is 6.24. The fourth-order valence-corrected chi connectivity index (χ4v) is 4.96. The van der Waals surface area contributed by atoms with Crippen molar-refractivity contribution in [2.24, 2.45) is 5.41 Å². The van der Waals surface area contributed by atoms with Gasteiger partial charge in [0.1, 0.15) is 6.17 Å². The van der Waals surface area contributed by atoms with Crippen LogP contribution in [0.4, 0.5) is 4.39 Å². The summed E-state index contributed by atoms with van der Waals surface area (Å²) >= 11 is 0. The molecule has 1 aliphatic heterocycles. The Bertz CT molecular complexity index is 575. The molecular formula is C21H28FN. The third-order valence-electron chi connectivity index (χ3n) is 6.24. The van der Waals surface area contributed by atoms with Gasteiger partial charge in [-0.3, -0.25) is 0 Å². The fraction of sp³-hybridized carbons (Fsp3) is 0.619. The molecule has 0 amide bonds. The van der Waals surface area contributed by atoms with Gasteiger partial charge in [-0.05, 0) is 49.2 Å². The maximum Gasteiger partial charge on any atom is 0.119 e. The van der Waals surface area contributed by atoms with E-state index in [1.54, 1.807) is 11.1 Å². The maximum absolute atomic E-state index is 13.7. The second kappa shape index (κ2) is 6.30. The van der Waals surface area contributed by atoms with Gasteiger partial charge in [0, 0.05) is 25.2 Å². The molecule has 0 aromatic carbocycles. The topological polar surface area (TPSA) is 3.24 Å². The van der Waals surface area contributed by atoms with Crippen molar-refractivity contribution >= 4 is 0 Å². The van der Waals surface area contributed by atoms with Gasteiger partial charge in [0.15, 0.2) is 0 Å². The van der Waals surface area contributed by atoms with E-state index in [1.807, 2.05) is 0 Å². The lowest BCUT2D eigenvalue weighted by atomic mass is 9.56. The summed E-state index contributed by atoms with van der Waals surface area (Å²) in [6.45, 7) is 1.47. The Balaban J connectivity index is 1.66. The van der Waals surface area contributed by atoms with Crippen LogP contribution >= 0.6 is 0 Å². The standard InChI is InChI=1S/C21H28FN/c22-18-10-13-23(16-18)19-9-5-2-1-4-8-17-15-21(20(17)14-19)11-6-3-7-12-21/h1-2,4-5,14,18H,3,6-13,15-16H2/b4-1-,5-2-,19-14+. The minimum absolute atomic E-state index is 0.463. The Kier molecular flexibility index (Phi) is 4.17. The van der Waals surface area contributed by atoms with E-state index in [4.69, 9.17) is 0 Å². The molecule has 0 radical (unpaired) electrons. The highest BCUT2D eigenvalue weighted by Gasteiger charge is 2.44. The first-order chi connectivity index (χ1) is 11.3. The summed E-state index contributed by atoms with van der Waals surface area (Å²) in [6.07, 6.45) is 21.6. The Morgan fingerprint density at radius 2 is 1.83 bits per heavy atom. The normalized spacial score (nSPS) is 35.3. The summed E-state index contributed by atoms with van der Waals surface area (Å²) in [5.41, 5.74) is 5.06. The number of fused-ring (bicyclic) bond motifs is 1. The number of rotatable bonds is 1. The molecule has 2 heteroatoms.